The maximum absolute atomic E-state index is 11.8. The number of nitrogens with two attached hydrogens (primary N) is 1. The number of carbonyl (C=O) groups excluding carboxylic acids is 1. The van der Waals surface area contributed by atoms with Crippen LogP contribution < -0.4 is 5.73 Å². The van der Waals surface area contributed by atoms with Gasteiger partial charge in [0.25, 0.3) is 0 Å². The number of allylic oxidation sites excluding steroid dienone is 3. The first-order valence-corrected chi connectivity index (χ1v) is 11.2. The van der Waals surface area contributed by atoms with E-state index in [1.807, 2.05) is 26.0 Å². The van der Waals surface area contributed by atoms with Gasteiger partial charge in [-0.3, -0.25) is 4.79 Å². The highest BCUT2D eigenvalue weighted by molar-refractivity contribution is 5.92. The van der Waals surface area contributed by atoms with Crippen molar-refractivity contribution in [1.29, 1.82) is 0 Å². The minimum Gasteiger partial charge on any atom is -0.487 e. The van der Waals surface area contributed by atoms with Gasteiger partial charge in [0.2, 0.25) is 11.7 Å². The molecule has 0 saturated heterocycles. The zero-order valence-corrected chi connectivity index (χ0v) is 19.0. The third kappa shape index (κ3) is 4.28. The van der Waals surface area contributed by atoms with Crippen LogP contribution in [0.5, 0.6) is 0 Å². The number of aliphatic hydroxyl groups is 2. The quantitative estimate of drug-likeness (QED) is 0.424. The predicted molar refractivity (Wildman–Crippen MR) is 118 cm³/mol. The normalized spacial score (nSPS) is 24.8. The van der Waals surface area contributed by atoms with E-state index in [1.165, 1.54) is 19.3 Å². The largest absolute Gasteiger partial charge is 0.487 e. The van der Waals surface area contributed by atoms with Crippen LogP contribution in [0.1, 0.15) is 79.6 Å². The summed E-state index contributed by atoms with van der Waals surface area (Å²) < 4.78 is 6.34. The number of hydrogen-bond acceptors (Lipinski definition) is 4. The Morgan fingerprint density at radius 1 is 1.27 bits per heavy atom. The third-order valence-electron chi connectivity index (χ3n) is 6.95. The zero-order chi connectivity index (χ0) is 22.3. The first-order valence-electron chi connectivity index (χ1n) is 11.2. The van der Waals surface area contributed by atoms with Gasteiger partial charge < -0.3 is 20.7 Å². The number of rotatable bonds is 7. The van der Waals surface area contributed by atoms with Crippen molar-refractivity contribution in [2.45, 2.75) is 91.0 Å². The molecule has 1 amide bonds. The van der Waals surface area contributed by atoms with Gasteiger partial charge in [0.15, 0.2) is 0 Å². The van der Waals surface area contributed by atoms with E-state index >= 15 is 0 Å². The fourth-order valence-corrected chi connectivity index (χ4v) is 5.04. The first-order chi connectivity index (χ1) is 13.9. The molecule has 0 aromatic carbocycles. The van der Waals surface area contributed by atoms with Crippen LogP contribution in [0, 0.1) is 11.3 Å². The van der Waals surface area contributed by atoms with Crippen molar-refractivity contribution in [1.82, 2.24) is 0 Å². The number of primary amides is 1. The van der Waals surface area contributed by atoms with E-state index in [-0.39, 0.29) is 11.3 Å². The average molecular weight is 416 g/mol. The van der Waals surface area contributed by atoms with Gasteiger partial charge in [0.05, 0.1) is 5.57 Å². The van der Waals surface area contributed by atoms with Crippen LogP contribution in [-0.2, 0) is 9.53 Å². The van der Waals surface area contributed by atoms with Crippen molar-refractivity contribution in [3.63, 3.8) is 0 Å². The molecule has 0 aromatic rings. The summed E-state index contributed by atoms with van der Waals surface area (Å²) in [4.78, 5) is 11.8. The highest BCUT2D eigenvalue weighted by atomic mass is 16.5. The standard InChI is InChI=1S/C25H37NO4/c1-6-7-8-9-12-23(2,3)17-14-20-21(25(28,29)15-17)18-13-16(22(26)27)10-11-19(18)24(4,5)30-20/h10,14-15,19,28-29H,6-9,11-13H2,1-5H3,(H2,26,27). The van der Waals surface area contributed by atoms with Gasteiger partial charge in [-0.25, -0.2) is 0 Å². The molecule has 1 atom stereocenters. The summed E-state index contributed by atoms with van der Waals surface area (Å²) in [6, 6.07) is 0. The molecule has 5 heteroatoms. The van der Waals surface area contributed by atoms with Crippen LogP contribution in [0.25, 0.3) is 0 Å². The molecule has 0 bridgehead atoms. The van der Waals surface area contributed by atoms with Crippen molar-refractivity contribution < 1.29 is 19.7 Å². The molecule has 3 aliphatic rings. The van der Waals surface area contributed by atoms with Crippen LogP contribution in [-0.4, -0.2) is 27.5 Å². The van der Waals surface area contributed by atoms with E-state index in [4.69, 9.17) is 10.5 Å². The van der Waals surface area contributed by atoms with Gasteiger partial charge in [-0.2, -0.15) is 0 Å². The predicted octanol–water partition coefficient (Wildman–Crippen LogP) is 4.41. The van der Waals surface area contributed by atoms with Crippen molar-refractivity contribution >= 4 is 5.91 Å². The van der Waals surface area contributed by atoms with Crippen molar-refractivity contribution in [2.24, 2.45) is 17.1 Å². The summed E-state index contributed by atoms with van der Waals surface area (Å²) >= 11 is 0. The lowest BCUT2D eigenvalue weighted by molar-refractivity contribution is -0.115. The Morgan fingerprint density at radius 3 is 2.60 bits per heavy atom. The summed E-state index contributed by atoms with van der Waals surface area (Å²) in [6.45, 7) is 10.5. The Labute approximate surface area is 180 Å². The molecule has 0 fully saturated rings. The second-order valence-electron chi connectivity index (χ2n) is 10.2. The van der Waals surface area contributed by atoms with E-state index in [9.17, 15) is 15.0 Å². The summed E-state index contributed by atoms with van der Waals surface area (Å²) in [5, 5.41) is 22.2. The molecule has 3 rings (SSSR count). The molecule has 30 heavy (non-hydrogen) atoms. The van der Waals surface area contributed by atoms with Crippen molar-refractivity contribution in [2.75, 3.05) is 0 Å². The number of unbranched alkanes of at least 4 members (excludes halogenated alkanes) is 3. The number of fused-ring (bicyclic) bond motifs is 2. The molecule has 0 radical (unpaired) electrons. The summed E-state index contributed by atoms with van der Waals surface area (Å²) in [5.74, 6) is -2.13. The van der Waals surface area contributed by atoms with Gasteiger partial charge in [-0.15, -0.1) is 0 Å². The second-order valence-corrected chi connectivity index (χ2v) is 10.2. The molecule has 1 unspecified atom stereocenters. The van der Waals surface area contributed by atoms with Gasteiger partial charge in [-0.05, 0) is 61.8 Å². The van der Waals surface area contributed by atoms with E-state index in [2.05, 4.69) is 20.8 Å². The summed E-state index contributed by atoms with van der Waals surface area (Å²) in [5.41, 5.74) is 7.42. The molecule has 0 spiro atoms. The number of hydrogen-bond donors (Lipinski definition) is 3. The fraction of sp³-hybridized carbons (Fsp3) is 0.640. The topological polar surface area (TPSA) is 92.8 Å². The Bertz CT molecular complexity index is 839. The molecule has 4 N–H and O–H groups in total. The Hall–Kier alpha value is -1.85. The molecule has 0 saturated carbocycles. The molecule has 0 aromatic heterocycles. The van der Waals surface area contributed by atoms with Crippen molar-refractivity contribution in [3.05, 3.63) is 46.3 Å². The molecule has 166 valence electrons. The van der Waals surface area contributed by atoms with Crippen LogP contribution in [0.15, 0.2) is 46.3 Å². The molecule has 1 aliphatic heterocycles. The zero-order valence-electron chi connectivity index (χ0n) is 19.0. The SMILES string of the molecule is CCCCCCC(C)(C)C1=CC(O)(O)C2=C3CC(C(N)=O)=CCC3C(C)(C)OC2=C1. The molecular formula is C25H37NO4. The van der Waals surface area contributed by atoms with E-state index in [0.29, 0.717) is 29.7 Å². The highest BCUT2D eigenvalue weighted by Crippen LogP contribution is 2.52. The Morgan fingerprint density at radius 2 is 1.97 bits per heavy atom. The molecule has 1 heterocycles. The lowest BCUT2D eigenvalue weighted by atomic mass is 9.68. The molecular weight excluding hydrogens is 378 g/mol. The second kappa shape index (κ2) is 8.01. The number of ether oxygens (including phenoxy) is 1. The summed E-state index contributed by atoms with van der Waals surface area (Å²) in [6.07, 6.45) is 11.9. The maximum atomic E-state index is 11.8. The van der Waals surface area contributed by atoms with Crippen molar-refractivity contribution in [3.8, 4) is 0 Å². The smallest absolute Gasteiger partial charge is 0.244 e. The average Bonchev–Trinajstić information content (AvgIpc) is 2.63. The van der Waals surface area contributed by atoms with Gasteiger partial charge in [0.1, 0.15) is 11.4 Å². The van der Waals surface area contributed by atoms with Crippen LogP contribution in [0.4, 0.5) is 0 Å². The van der Waals surface area contributed by atoms with E-state index in [0.717, 1.165) is 24.0 Å². The highest BCUT2D eigenvalue weighted by Gasteiger charge is 2.49. The van der Waals surface area contributed by atoms with Gasteiger partial charge in [-0.1, -0.05) is 52.5 Å². The lowest BCUT2D eigenvalue weighted by Crippen LogP contribution is -2.47. The number of carbonyl (C=O) groups is 1. The molecule has 5 nitrogen and oxygen atoms in total. The van der Waals surface area contributed by atoms with Crippen LogP contribution in [0.2, 0.25) is 0 Å². The Balaban J connectivity index is 2.01. The third-order valence-corrected chi connectivity index (χ3v) is 6.95. The number of amides is 1. The van der Waals surface area contributed by atoms with Crippen LogP contribution >= 0.6 is 0 Å². The van der Waals surface area contributed by atoms with Gasteiger partial charge in [0, 0.05) is 11.5 Å². The first kappa shape index (κ1) is 22.8. The van der Waals surface area contributed by atoms with Gasteiger partial charge >= 0.3 is 0 Å². The fourth-order valence-electron chi connectivity index (χ4n) is 5.04. The molecule has 2 aliphatic carbocycles. The van der Waals surface area contributed by atoms with Crippen LogP contribution in [0.3, 0.4) is 0 Å². The lowest BCUT2D eigenvalue weighted by Gasteiger charge is -2.48. The van der Waals surface area contributed by atoms with E-state index in [1.54, 1.807) is 6.08 Å². The Kier molecular flexibility index (Phi) is 6.09. The maximum Gasteiger partial charge on any atom is 0.244 e. The minimum atomic E-state index is -2.13. The van der Waals surface area contributed by atoms with E-state index < -0.39 is 17.3 Å². The minimum absolute atomic E-state index is 0.0385. The summed E-state index contributed by atoms with van der Waals surface area (Å²) in [7, 11) is 0. The monoisotopic (exact) mass is 415 g/mol.